The Bertz CT molecular complexity index is 1580. The lowest BCUT2D eigenvalue weighted by atomic mass is 10.1. The first kappa shape index (κ1) is 22.8. The number of carbonyl (C=O) groups is 1. The molecule has 1 amide bonds. The number of amides is 1. The molecule has 178 valence electrons. The molecule has 2 N–H and O–H groups in total. The minimum absolute atomic E-state index is 0.279. The van der Waals surface area contributed by atoms with Gasteiger partial charge in [-0.3, -0.25) is 9.59 Å². The number of aromatic nitrogens is 4. The van der Waals surface area contributed by atoms with E-state index < -0.39 is 0 Å². The van der Waals surface area contributed by atoms with E-state index in [1.165, 1.54) is 6.07 Å². The Labute approximate surface area is 207 Å². The lowest BCUT2D eigenvalue weighted by Gasteiger charge is -2.08. The van der Waals surface area contributed by atoms with E-state index in [-0.39, 0.29) is 11.5 Å². The molecule has 0 aliphatic rings. The van der Waals surface area contributed by atoms with E-state index in [4.69, 9.17) is 9.84 Å². The Morgan fingerprint density at radius 2 is 1.72 bits per heavy atom. The Kier molecular flexibility index (Phi) is 6.15. The van der Waals surface area contributed by atoms with Crippen molar-refractivity contribution in [2.75, 3.05) is 12.4 Å². The number of nitrogens with zero attached hydrogens (tertiary/aromatic N) is 3. The average Bonchev–Trinajstić information content (AvgIpc) is 3.35. The third-order valence-electron chi connectivity index (χ3n) is 5.70. The van der Waals surface area contributed by atoms with E-state index in [1.807, 2.05) is 67.6 Å². The summed E-state index contributed by atoms with van der Waals surface area (Å²) in [4.78, 5) is 24.8. The fourth-order valence-corrected chi connectivity index (χ4v) is 3.81. The van der Waals surface area contributed by atoms with Gasteiger partial charge in [0, 0.05) is 29.1 Å². The first-order chi connectivity index (χ1) is 17.5. The highest BCUT2D eigenvalue weighted by Gasteiger charge is 2.20. The molecule has 0 radical (unpaired) electrons. The number of aromatic amines is 1. The van der Waals surface area contributed by atoms with Crippen LogP contribution in [0.1, 0.15) is 15.9 Å². The van der Waals surface area contributed by atoms with Crippen molar-refractivity contribution in [3.63, 3.8) is 0 Å². The number of methoxy groups -OCH3 is 1. The molecule has 0 spiro atoms. The molecule has 8 nitrogen and oxygen atoms in total. The third-order valence-corrected chi connectivity index (χ3v) is 5.70. The molecular formula is C28H23N5O3. The molecule has 0 saturated heterocycles. The van der Waals surface area contributed by atoms with Crippen molar-refractivity contribution in [1.82, 2.24) is 20.0 Å². The Balaban J connectivity index is 1.52. The maximum Gasteiger partial charge on any atom is 0.264 e. The van der Waals surface area contributed by atoms with E-state index >= 15 is 0 Å². The molecule has 0 saturated carbocycles. The van der Waals surface area contributed by atoms with E-state index in [0.29, 0.717) is 28.4 Å². The first-order valence-electron chi connectivity index (χ1n) is 11.3. The van der Waals surface area contributed by atoms with Crippen LogP contribution in [0.15, 0.2) is 95.9 Å². The largest absolute Gasteiger partial charge is 0.497 e. The molecule has 0 fully saturated rings. The molecular weight excluding hydrogens is 454 g/mol. The Morgan fingerprint density at radius 3 is 2.47 bits per heavy atom. The van der Waals surface area contributed by atoms with Crippen LogP contribution in [0, 0.1) is 6.92 Å². The topological polar surface area (TPSA) is 102 Å². The van der Waals surface area contributed by atoms with Crippen LogP contribution in [0.2, 0.25) is 0 Å². The van der Waals surface area contributed by atoms with Crippen molar-refractivity contribution in [2.24, 2.45) is 0 Å². The SMILES string of the molecule is COc1cccc(-c2nn(-c3ccc(C)cc3)cc2C(=O)Nc2cccc(-c3ccc(=O)[nH]n3)c2)c1. The standard InChI is InChI=1S/C28H23N5O3/c1-18-9-11-22(12-10-18)33-17-24(27(32-33)20-6-4-8-23(16-20)36-2)28(35)29-21-7-3-5-19(15-21)25-13-14-26(34)31-30-25/h3-17H,1-2H3,(H,29,35)(H,31,34). The number of hydrogen-bond donors (Lipinski definition) is 2. The molecule has 0 aliphatic heterocycles. The second-order valence-corrected chi connectivity index (χ2v) is 8.24. The maximum atomic E-state index is 13.5. The number of ether oxygens (including phenoxy) is 1. The van der Waals surface area contributed by atoms with Crippen LogP contribution in [0.5, 0.6) is 5.75 Å². The molecule has 36 heavy (non-hydrogen) atoms. The summed E-state index contributed by atoms with van der Waals surface area (Å²) in [5.41, 5.74) is 5.34. The van der Waals surface area contributed by atoms with Crippen molar-refractivity contribution in [3.8, 4) is 34.0 Å². The van der Waals surface area contributed by atoms with Crippen LogP contribution in [-0.4, -0.2) is 33.0 Å². The molecule has 2 aromatic heterocycles. The molecule has 2 heterocycles. The summed E-state index contributed by atoms with van der Waals surface area (Å²) in [6, 6.07) is 25.7. The van der Waals surface area contributed by atoms with Crippen molar-refractivity contribution in [3.05, 3.63) is 113 Å². The van der Waals surface area contributed by atoms with Gasteiger partial charge in [0.1, 0.15) is 11.4 Å². The van der Waals surface area contributed by atoms with E-state index in [9.17, 15) is 9.59 Å². The Morgan fingerprint density at radius 1 is 0.944 bits per heavy atom. The van der Waals surface area contributed by atoms with Crippen LogP contribution >= 0.6 is 0 Å². The summed E-state index contributed by atoms with van der Waals surface area (Å²) in [6.07, 6.45) is 1.72. The van der Waals surface area contributed by atoms with Gasteiger partial charge >= 0.3 is 0 Å². The smallest absolute Gasteiger partial charge is 0.264 e. The number of anilines is 1. The highest BCUT2D eigenvalue weighted by molar-refractivity contribution is 6.08. The highest BCUT2D eigenvalue weighted by Crippen LogP contribution is 2.28. The fourth-order valence-electron chi connectivity index (χ4n) is 3.81. The van der Waals surface area contributed by atoms with Gasteiger partial charge in [0.2, 0.25) is 0 Å². The zero-order chi connectivity index (χ0) is 25.1. The van der Waals surface area contributed by atoms with Crippen molar-refractivity contribution < 1.29 is 9.53 Å². The first-order valence-corrected chi connectivity index (χ1v) is 11.3. The van der Waals surface area contributed by atoms with E-state index in [1.54, 1.807) is 36.2 Å². The molecule has 5 rings (SSSR count). The van der Waals surface area contributed by atoms with Gasteiger partial charge in [0.05, 0.1) is 24.1 Å². The van der Waals surface area contributed by atoms with Gasteiger partial charge < -0.3 is 10.1 Å². The van der Waals surface area contributed by atoms with Gasteiger partial charge in [-0.25, -0.2) is 9.78 Å². The van der Waals surface area contributed by atoms with Crippen LogP contribution < -0.4 is 15.6 Å². The summed E-state index contributed by atoms with van der Waals surface area (Å²) in [6.45, 7) is 2.02. The van der Waals surface area contributed by atoms with Crippen LogP contribution in [0.3, 0.4) is 0 Å². The van der Waals surface area contributed by atoms with Crippen molar-refractivity contribution >= 4 is 11.6 Å². The predicted molar refractivity (Wildman–Crippen MR) is 139 cm³/mol. The second kappa shape index (κ2) is 9.71. The normalized spacial score (nSPS) is 10.7. The molecule has 0 aliphatic carbocycles. The number of H-pyrrole nitrogens is 1. The number of hydrogen-bond acceptors (Lipinski definition) is 5. The van der Waals surface area contributed by atoms with Crippen LogP contribution in [0.25, 0.3) is 28.2 Å². The quantitative estimate of drug-likeness (QED) is 0.364. The minimum Gasteiger partial charge on any atom is -0.497 e. The van der Waals surface area contributed by atoms with E-state index in [2.05, 4.69) is 15.5 Å². The number of carbonyl (C=O) groups excluding carboxylic acids is 1. The van der Waals surface area contributed by atoms with E-state index in [0.717, 1.165) is 22.4 Å². The van der Waals surface area contributed by atoms with Gasteiger partial charge in [-0.15, -0.1) is 0 Å². The van der Waals surface area contributed by atoms with Crippen LogP contribution in [0.4, 0.5) is 5.69 Å². The zero-order valence-corrected chi connectivity index (χ0v) is 19.7. The molecule has 5 aromatic rings. The van der Waals surface area contributed by atoms with Gasteiger partial charge in [-0.05, 0) is 49.4 Å². The third kappa shape index (κ3) is 4.78. The summed E-state index contributed by atoms with van der Waals surface area (Å²) in [5.74, 6) is 0.364. The highest BCUT2D eigenvalue weighted by atomic mass is 16.5. The van der Waals surface area contributed by atoms with Gasteiger partial charge in [-0.2, -0.15) is 10.2 Å². The van der Waals surface area contributed by atoms with Crippen molar-refractivity contribution in [1.29, 1.82) is 0 Å². The molecule has 8 heteroatoms. The summed E-state index contributed by atoms with van der Waals surface area (Å²) >= 11 is 0. The van der Waals surface area contributed by atoms with Gasteiger partial charge in [0.25, 0.3) is 11.5 Å². The zero-order valence-electron chi connectivity index (χ0n) is 19.7. The number of nitrogens with one attached hydrogen (secondary N) is 2. The summed E-state index contributed by atoms with van der Waals surface area (Å²) in [5, 5.41) is 14.2. The van der Waals surface area contributed by atoms with Crippen molar-refractivity contribution in [2.45, 2.75) is 6.92 Å². The van der Waals surface area contributed by atoms with Gasteiger partial charge in [0.15, 0.2) is 0 Å². The lowest BCUT2D eigenvalue weighted by molar-refractivity contribution is 0.102. The van der Waals surface area contributed by atoms with Crippen LogP contribution in [-0.2, 0) is 0 Å². The maximum absolute atomic E-state index is 13.5. The molecule has 0 bridgehead atoms. The Hall–Kier alpha value is -4.98. The molecule has 3 aromatic carbocycles. The predicted octanol–water partition coefficient (Wildman–Crippen LogP) is 4.86. The second-order valence-electron chi connectivity index (χ2n) is 8.24. The summed E-state index contributed by atoms with van der Waals surface area (Å²) < 4.78 is 7.07. The fraction of sp³-hybridized carbons (Fsp3) is 0.0714. The minimum atomic E-state index is -0.308. The number of rotatable bonds is 6. The monoisotopic (exact) mass is 477 g/mol. The molecule has 0 atom stereocenters. The van der Waals surface area contributed by atoms with Gasteiger partial charge in [-0.1, -0.05) is 42.0 Å². The summed E-state index contributed by atoms with van der Waals surface area (Å²) in [7, 11) is 1.60. The average molecular weight is 478 g/mol. The number of benzene rings is 3. The number of aryl methyl sites for hydroxylation is 1. The lowest BCUT2D eigenvalue weighted by Crippen LogP contribution is -2.12. The molecule has 0 unspecified atom stereocenters.